The number of carbonyl (C=O) groups is 2. The number of amides is 1. The fourth-order valence-electron chi connectivity index (χ4n) is 1.62. The fraction of sp³-hybridized carbons (Fsp3) is 0.182. The van der Waals surface area contributed by atoms with Crippen LogP contribution in [0.2, 0.25) is 5.02 Å². The molecule has 100 valence electrons. The van der Waals surface area contributed by atoms with Gasteiger partial charge in [-0.1, -0.05) is 23.4 Å². The van der Waals surface area contributed by atoms with Gasteiger partial charge in [-0.3, -0.25) is 9.59 Å². The van der Waals surface area contributed by atoms with Gasteiger partial charge in [-0.15, -0.1) is 0 Å². The number of carboxylic acid groups (broad SMARTS) is 1. The van der Waals surface area contributed by atoms with Crippen LogP contribution in [-0.4, -0.2) is 32.3 Å². The van der Waals surface area contributed by atoms with E-state index in [-0.39, 0.29) is 12.3 Å². The SMILES string of the molecule is NC(=O)Cn1c(SCC(=O)O)nc2ccc(Cl)cc21. The number of hydrogen-bond donors (Lipinski definition) is 2. The van der Waals surface area contributed by atoms with Crippen LogP contribution in [0, 0.1) is 0 Å². The van der Waals surface area contributed by atoms with Crippen molar-refractivity contribution in [3.63, 3.8) is 0 Å². The summed E-state index contributed by atoms with van der Waals surface area (Å²) in [6.45, 7) is -0.0706. The molecule has 1 aromatic heterocycles. The Labute approximate surface area is 117 Å². The van der Waals surface area contributed by atoms with E-state index in [2.05, 4.69) is 4.98 Å². The maximum absolute atomic E-state index is 11.1. The molecule has 6 nitrogen and oxygen atoms in total. The zero-order chi connectivity index (χ0) is 14.0. The molecule has 0 radical (unpaired) electrons. The number of hydrogen-bond acceptors (Lipinski definition) is 4. The Kier molecular flexibility index (Phi) is 3.96. The lowest BCUT2D eigenvalue weighted by molar-refractivity contribution is -0.133. The highest BCUT2D eigenvalue weighted by molar-refractivity contribution is 7.99. The zero-order valence-electron chi connectivity index (χ0n) is 9.67. The van der Waals surface area contributed by atoms with Gasteiger partial charge in [-0.25, -0.2) is 4.98 Å². The van der Waals surface area contributed by atoms with Crippen molar-refractivity contribution < 1.29 is 14.7 Å². The van der Waals surface area contributed by atoms with Crippen molar-refractivity contribution in [3.05, 3.63) is 23.2 Å². The minimum absolute atomic E-state index is 0.0706. The molecular weight excluding hydrogens is 290 g/mol. The number of primary amides is 1. The largest absolute Gasteiger partial charge is 0.481 e. The summed E-state index contributed by atoms with van der Waals surface area (Å²) in [5.74, 6) is -1.63. The van der Waals surface area contributed by atoms with Crippen molar-refractivity contribution in [2.24, 2.45) is 5.73 Å². The molecule has 2 rings (SSSR count). The predicted molar refractivity (Wildman–Crippen MR) is 72.3 cm³/mol. The first-order valence-corrected chi connectivity index (χ1v) is 6.62. The molecule has 0 spiro atoms. The molecule has 3 N–H and O–H groups in total. The van der Waals surface area contributed by atoms with Gasteiger partial charge >= 0.3 is 5.97 Å². The van der Waals surface area contributed by atoms with Crippen LogP contribution in [0.4, 0.5) is 0 Å². The number of fused-ring (bicyclic) bond motifs is 1. The van der Waals surface area contributed by atoms with Crippen molar-refractivity contribution in [2.75, 3.05) is 5.75 Å². The van der Waals surface area contributed by atoms with Gasteiger partial charge < -0.3 is 15.4 Å². The minimum atomic E-state index is -0.958. The monoisotopic (exact) mass is 299 g/mol. The van der Waals surface area contributed by atoms with E-state index in [0.717, 1.165) is 11.8 Å². The molecule has 0 unspecified atom stereocenters. The first-order chi connectivity index (χ1) is 8.97. The third-order valence-corrected chi connectivity index (χ3v) is 3.51. The molecule has 1 aromatic carbocycles. The average Bonchev–Trinajstić information content (AvgIpc) is 2.64. The summed E-state index contributed by atoms with van der Waals surface area (Å²) in [4.78, 5) is 26.0. The molecule has 1 heterocycles. The van der Waals surface area contributed by atoms with Gasteiger partial charge in [0, 0.05) is 5.02 Å². The highest BCUT2D eigenvalue weighted by atomic mass is 35.5. The van der Waals surface area contributed by atoms with E-state index in [0.29, 0.717) is 21.2 Å². The second-order valence-corrected chi connectivity index (χ2v) is 5.14. The van der Waals surface area contributed by atoms with E-state index in [1.807, 2.05) is 0 Å². The second-order valence-electron chi connectivity index (χ2n) is 3.76. The van der Waals surface area contributed by atoms with Gasteiger partial charge in [-0.2, -0.15) is 0 Å². The zero-order valence-corrected chi connectivity index (χ0v) is 11.2. The van der Waals surface area contributed by atoms with Crippen LogP contribution < -0.4 is 5.73 Å². The number of carbonyl (C=O) groups excluding carboxylic acids is 1. The van der Waals surface area contributed by atoms with E-state index in [1.54, 1.807) is 22.8 Å². The number of aromatic nitrogens is 2. The normalized spacial score (nSPS) is 10.8. The molecule has 0 fully saturated rings. The second kappa shape index (κ2) is 5.50. The first kappa shape index (κ1) is 13.7. The summed E-state index contributed by atoms with van der Waals surface area (Å²) in [5.41, 5.74) is 6.48. The molecule has 0 aliphatic rings. The summed E-state index contributed by atoms with van der Waals surface area (Å²) < 4.78 is 1.57. The van der Waals surface area contributed by atoms with Crippen molar-refractivity contribution in [3.8, 4) is 0 Å². The quantitative estimate of drug-likeness (QED) is 0.812. The number of thioether (sulfide) groups is 1. The molecule has 2 aromatic rings. The number of imidazole rings is 1. The Morgan fingerprint density at radius 2 is 2.21 bits per heavy atom. The summed E-state index contributed by atoms with van der Waals surface area (Å²) in [6.07, 6.45) is 0. The summed E-state index contributed by atoms with van der Waals surface area (Å²) in [5, 5.41) is 9.63. The summed E-state index contributed by atoms with van der Waals surface area (Å²) >= 11 is 6.94. The molecule has 0 bridgehead atoms. The molecule has 0 atom stereocenters. The first-order valence-electron chi connectivity index (χ1n) is 5.26. The third kappa shape index (κ3) is 3.18. The Morgan fingerprint density at radius 1 is 1.47 bits per heavy atom. The van der Waals surface area contributed by atoms with Gasteiger partial charge in [0.05, 0.1) is 16.8 Å². The van der Waals surface area contributed by atoms with Gasteiger partial charge in [0.2, 0.25) is 5.91 Å². The Morgan fingerprint density at radius 3 is 2.84 bits per heavy atom. The average molecular weight is 300 g/mol. The standard InChI is InChI=1S/C11H10ClN3O3S/c12-6-1-2-7-8(3-6)15(4-9(13)16)11(14-7)19-5-10(17)18/h1-3H,4-5H2,(H2,13,16)(H,17,18). The van der Waals surface area contributed by atoms with Crippen LogP contribution in [0.3, 0.4) is 0 Å². The number of nitrogens with two attached hydrogens (primary N) is 1. The molecule has 0 saturated heterocycles. The Bertz CT molecular complexity index is 656. The van der Waals surface area contributed by atoms with Gasteiger partial charge in [0.25, 0.3) is 0 Å². The van der Waals surface area contributed by atoms with Crippen LogP contribution in [0.15, 0.2) is 23.4 Å². The Hall–Kier alpha value is -1.73. The van der Waals surface area contributed by atoms with E-state index >= 15 is 0 Å². The van der Waals surface area contributed by atoms with Crippen LogP contribution in [0.25, 0.3) is 11.0 Å². The number of rotatable bonds is 5. The lowest BCUT2D eigenvalue weighted by atomic mass is 10.3. The molecule has 0 aliphatic carbocycles. The van der Waals surface area contributed by atoms with Crippen LogP contribution in [-0.2, 0) is 16.1 Å². The third-order valence-electron chi connectivity index (χ3n) is 2.31. The maximum Gasteiger partial charge on any atom is 0.313 e. The summed E-state index contributed by atoms with van der Waals surface area (Å²) in [7, 11) is 0. The number of aliphatic carboxylic acids is 1. The number of carboxylic acids is 1. The van der Waals surface area contributed by atoms with Gasteiger partial charge in [-0.05, 0) is 18.2 Å². The van der Waals surface area contributed by atoms with Gasteiger partial charge in [0.15, 0.2) is 5.16 Å². The minimum Gasteiger partial charge on any atom is -0.481 e. The van der Waals surface area contributed by atoms with Crippen LogP contribution in [0.1, 0.15) is 0 Å². The van der Waals surface area contributed by atoms with E-state index < -0.39 is 11.9 Å². The molecule has 0 saturated carbocycles. The number of halogens is 1. The van der Waals surface area contributed by atoms with Crippen molar-refractivity contribution >= 4 is 46.3 Å². The number of benzene rings is 1. The van der Waals surface area contributed by atoms with Crippen LogP contribution in [0.5, 0.6) is 0 Å². The maximum atomic E-state index is 11.1. The smallest absolute Gasteiger partial charge is 0.313 e. The highest BCUT2D eigenvalue weighted by Gasteiger charge is 2.14. The fourth-order valence-corrected chi connectivity index (χ4v) is 2.52. The topological polar surface area (TPSA) is 98.2 Å². The molecule has 1 amide bonds. The van der Waals surface area contributed by atoms with Gasteiger partial charge in [0.1, 0.15) is 6.54 Å². The van der Waals surface area contributed by atoms with E-state index in [4.69, 9.17) is 22.4 Å². The Balaban J connectivity index is 2.48. The summed E-state index contributed by atoms with van der Waals surface area (Å²) in [6, 6.07) is 5.05. The lowest BCUT2D eigenvalue weighted by Crippen LogP contribution is -2.19. The predicted octanol–water partition coefficient (Wildman–Crippen LogP) is 1.35. The van der Waals surface area contributed by atoms with Crippen molar-refractivity contribution in [1.29, 1.82) is 0 Å². The van der Waals surface area contributed by atoms with Crippen molar-refractivity contribution in [1.82, 2.24) is 9.55 Å². The van der Waals surface area contributed by atoms with Crippen LogP contribution >= 0.6 is 23.4 Å². The van der Waals surface area contributed by atoms with E-state index in [9.17, 15) is 9.59 Å². The molecule has 0 aliphatic heterocycles. The molecular formula is C11H10ClN3O3S. The lowest BCUT2D eigenvalue weighted by Gasteiger charge is -2.05. The molecule has 8 heteroatoms. The number of nitrogens with zero attached hydrogens (tertiary/aromatic N) is 2. The molecule has 19 heavy (non-hydrogen) atoms. The van der Waals surface area contributed by atoms with E-state index in [1.165, 1.54) is 0 Å². The highest BCUT2D eigenvalue weighted by Crippen LogP contribution is 2.26. The van der Waals surface area contributed by atoms with Crippen molar-refractivity contribution in [2.45, 2.75) is 11.7 Å².